The van der Waals surface area contributed by atoms with Crippen LogP contribution in [-0.4, -0.2) is 47.9 Å². The number of nitrogens with one attached hydrogen (secondary N) is 1. The molecule has 2 atom stereocenters. The smallest absolute Gasteiger partial charge is 0.317 e. The molecule has 7 nitrogen and oxygen atoms in total. The lowest BCUT2D eigenvalue weighted by atomic mass is 9.98. The number of fused-ring (bicyclic) bond motifs is 1. The van der Waals surface area contributed by atoms with Gasteiger partial charge in [-0.25, -0.2) is 4.79 Å². The van der Waals surface area contributed by atoms with Crippen LogP contribution in [-0.2, 0) is 11.2 Å². The summed E-state index contributed by atoms with van der Waals surface area (Å²) in [4.78, 5) is 25.0. The van der Waals surface area contributed by atoms with Crippen molar-refractivity contribution in [1.29, 1.82) is 0 Å². The molecule has 0 saturated carbocycles. The van der Waals surface area contributed by atoms with E-state index < -0.39 is 11.9 Å². The maximum Gasteiger partial charge on any atom is 0.317 e. The first-order valence-electron chi connectivity index (χ1n) is 8.69. The number of carbonyl (C=O) groups excluding carboxylic acids is 1. The predicted octanol–water partition coefficient (Wildman–Crippen LogP) is 2.24. The van der Waals surface area contributed by atoms with Crippen LogP contribution in [0.3, 0.4) is 0 Å². The van der Waals surface area contributed by atoms with E-state index in [-0.39, 0.29) is 25.4 Å². The zero-order chi connectivity index (χ0) is 17.8. The van der Waals surface area contributed by atoms with Gasteiger partial charge in [0.15, 0.2) is 11.5 Å². The van der Waals surface area contributed by atoms with E-state index >= 15 is 0 Å². The van der Waals surface area contributed by atoms with Gasteiger partial charge in [-0.3, -0.25) is 4.79 Å². The van der Waals surface area contributed by atoms with Crippen LogP contribution in [0.2, 0.25) is 0 Å². The predicted molar refractivity (Wildman–Crippen MR) is 90.8 cm³/mol. The molecular formula is C18H24N2O5. The molecule has 2 heterocycles. The number of carboxylic acids is 1. The van der Waals surface area contributed by atoms with E-state index in [9.17, 15) is 9.59 Å². The Labute approximate surface area is 146 Å². The molecule has 7 heteroatoms. The van der Waals surface area contributed by atoms with Gasteiger partial charge in [-0.15, -0.1) is 0 Å². The van der Waals surface area contributed by atoms with Crippen molar-refractivity contribution in [3.63, 3.8) is 0 Å². The standard InChI is InChI=1S/C18H24N2O5/c1-12(4-5-13-6-7-15-16(9-13)25-11-24-15)19-18(23)20-8-2-3-14(10-20)17(21)22/h6-7,9,12,14H,2-5,8,10-11H2,1H3,(H,19,23)(H,21,22). The van der Waals surface area contributed by atoms with Crippen LogP contribution in [0.4, 0.5) is 4.79 Å². The largest absolute Gasteiger partial charge is 0.481 e. The Balaban J connectivity index is 1.46. The molecule has 0 aromatic heterocycles. The molecule has 0 radical (unpaired) electrons. The Hall–Kier alpha value is -2.44. The van der Waals surface area contributed by atoms with Crippen molar-refractivity contribution in [2.24, 2.45) is 5.92 Å². The molecule has 2 N–H and O–H groups in total. The third-order valence-corrected chi connectivity index (χ3v) is 4.73. The van der Waals surface area contributed by atoms with Gasteiger partial charge in [0.2, 0.25) is 6.79 Å². The normalized spacial score (nSPS) is 20.2. The van der Waals surface area contributed by atoms with Crippen molar-refractivity contribution in [2.45, 2.75) is 38.6 Å². The summed E-state index contributed by atoms with van der Waals surface area (Å²) in [5, 5.41) is 12.1. The van der Waals surface area contributed by atoms with Crippen molar-refractivity contribution in [1.82, 2.24) is 10.2 Å². The quantitative estimate of drug-likeness (QED) is 0.852. The van der Waals surface area contributed by atoms with Gasteiger partial charge in [-0.1, -0.05) is 6.07 Å². The Morgan fingerprint density at radius 3 is 2.96 bits per heavy atom. The second-order valence-electron chi connectivity index (χ2n) is 6.70. The minimum atomic E-state index is -0.826. The molecule has 0 spiro atoms. The second kappa shape index (κ2) is 7.63. The lowest BCUT2D eigenvalue weighted by Crippen LogP contribution is -2.49. The number of carboxylic acid groups (broad SMARTS) is 1. The summed E-state index contributed by atoms with van der Waals surface area (Å²) in [5.74, 6) is 0.252. The number of likely N-dealkylation sites (tertiary alicyclic amines) is 1. The minimum absolute atomic E-state index is 0.00290. The number of amides is 2. The summed E-state index contributed by atoms with van der Waals surface area (Å²) in [6.07, 6.45) is 2.98. The summed E-state index contributed by atoms with van der Waals surface area (Å²) in [7, 11) is 0. The zero-order valence-electron chi connectivity index (χ0n) is 14.4. The van der Waals surface area contributed by atoms with Crippen molar-refractivity contribution in [2.75, 3.05) is 19.9 Å². The number of benzene rings is 1. The van der Waals surface area contributed by atoms with Crippen LogP contribution in [0.15, 0.2) is 18.2 Å². The molecule has 1 fully saturated rings. The molecule has 2 amide bonds. The van der Waals surface area contributed by atoms with Crippen molar-refractivity contribution >= 4 is 12.0 Å². The van der Waals surface area contributed by atoms with Crippen molar-refractivity contribution in [3.05, 3.63) is 23.8 Å². The first-order valence-corrected chi connectivity index (χ1v) is 8.69. The average molecular weight is 348 g/mol. The molecule has 1 saturated heterocycles. The SMILES string of the molecule is CC(CCc1ccc2c(c1)OCO2)NC(=O)N1CCCC(C(=O)O)C1. The molecule has 2 aliphatic heterocycles. The number of rotatable bonds is 5. The van der Waals surface area contributed by atoms with Gasteiger partial charge in [-0.2, -0.15) is 0 Å². The maximum atomic E-state index is 12.3. The Morgan fingerprint density at radius 2 is 2.16 bits per heavy atom. The molecule has 0 aliphatic carbocycles. The first kappa shape index (κ1) is 17.4. The maximum absolute atomic E-state index is 12.3. The number of aryl methyl sites for hydroxylation is 1. The highest BCUT2D eigenvalue weighted by molar-refractivity contribution is 5.76. The van der Waals surface area contributed by atoms with Gasteiger partial charge in [0.1, 0.15) is 0 Å². The fourth-order valence-electron chi connectivity index (χ4n) is 3.22. The lowest BCUT2D eigenvalue weighted by Gasteiger charge is -2.31. The van der Waals surface area contributed by atoms with E-state index in [1.807, 2.05) is 25.1 Å². The van der Waals surface area contributed by atoms with E-state index in [1.165, 1.54) is 0 Å². The van der Waals surface area contributed by atoms with Gasteiger partial charge in [-0.05, 0) is 50.3 Å². The van der Waals surface area contributed by atoms with Gasteiger partial charge < -0.3 is 24.8 Å². The summed E-state index contributed by atoms with van der Waals surface area (Å²) in [5.41, 5.74) is 1.13. The van der Waals surface area contributed by atoms with Gasteiger partial charge >= 0.3 is 12.0 Å². The molecule has 2 aliphatic rings. The van der Waals surface area contributed by atoms with E-state index in [4.69, 9.17) is 14.6 Å². The van der Waals surface area contributed by atoms with E-state index in [1.54, 1.807) is 4.90 Å². The topological polar surface area (TPSA) is 88.1 Å². The minimum Gasteiger partial charge on any atom is -0.481 e. The molecule has 3 rings (SSSR count). The van der Waals surface area contributed by atoms with E-state index in [0.29, 0.717) is 13.0 Å². The number of hydrogen-bond donors (Lipinski definition) is 2. The number of aliphatic carboxylic acids is 1. The number of ether oxygens (including phenoxy) is 2. The number of hydrogen-bond acceptors (Lipinski definition) is 4. The summed E-state index contributed by atoms with van der Waals surface area (Å²) < 4.78 is 10.7. The number of nitrogens with zero attached hydrogens (tertiary/aromatic N) is 1. The van der Waals surface area contributed by atoms with Gasteiger partial charge in [0, 0.05) is 19.1 Å². The van der Waals surface area contributed by atoms with Crippen molar-refractivity contribution < 1.29 is 24.2 Å². The lowest BCUT2D eigenvalue weighted by molar-refractivity contribution is -0.143. The van der Waals surface area contributed by atoms with Gasteiger partial charge in [0.05, 0.1) is 5.92 Å². The molecular weight excluding hydrogens is 324 g/mol. The summed E-state index contributed by atoms with van der Waals surface area (Å²) in [6.45, 7) is 3.13. The highest BCUT2D eigenvalue weighted by atomic mass is 16.7. The van der Waals surface area contributed by atoms with Crippen LogP contribution in [0, 0.1) is 5.92 Å². The first-order chi connectivity index (χ1) is 12.0. The van der Waals surface area contributed by atoms with E-state index in [2.05, 4.69) is 5.32 Å². The zero-order valence-corrected chi connectivity index (χ0v) is 14.4. The number of urea groups is 1. The third-order valence-electron chi connectivity index (χ3n) is 4.73. The van der Waals surface area contributed by atoms with Gasteiger partial charge in [0.25, 0.3) is 0 Å². The Bertz CT molecular complexity index is 648. The molecule has 25 heavy (non-hydrogen) atoms. The number of carbonyl (C=O) groups is 2. The second-order valence-corrected chi connectivity index (χ2v) is 6.70. The van der Waals surface area contributed by atoms with Crippen LogP contribution >= 0.6 is 0 Å². The summed E-state index contributed by atoms with van der Waals surface area (Å²) in [6, 6.07) is 5.70. The van der Waals surface area contributed by atoms with Crippen molar-refractivity contribution in [3.8, 4) is 11.5 Å². The highest BCUT2D eigenvalue weighted by Gasteiger charge is 2.28. The van der Waals surface area contributed by atoms with Crippen LogP contribution in [0.1, 0.15) is 31.7 Å². The molecule has 2 unspecified atom stereocenters. The van der Waals surface area contributed by atoms with Crippen LogP contribution in [0.25, 0.3) is 0 Å². The molecule has 0 bridgehead atoms. The average Bonchev–Trinajstić information content (AvgIpc) is 3.07. The highest BCUT2D eigenvalue weighted by Crippen LogP contribution is 2.32. The Kier molecular flexibility index (Phi) is 5.31. The number of piperidine rings is 1. The van der Waals surface area contributed by atoms with Crippen LogP contribution in [0.5, 0.6) is 11.5 Å². The molecule has 1 aromatic carbocycles. The Morgan fingerprint density at radius 1 is 1.36 bits per heavy atom. The fraction of sp³-hybridized carbons (Fsp3) is 0.556. The summed E-state index contributed by atoms with van der Waals surface area (Å²) >= 11 is 0. The fourth-order valence-corrected chi connectivity index (χ4v) is 3.22. The third kappa shape index (κ3) is 4.35. The van der Waals surface area contributed by atoms with E-state index in [0.717, 1.165) is 36.3 Å². The molecule has 136 valence electrons. The molecule has 1 aromatic rings. The van der Waals surface area contributed by atoms with Crippen LogP contribution < -0.4 is 14.8 Å². The monoisotopic (exact) mass is 348 g/mol.